The summed E-state index contributed by atoms with van der Waals surface area (Å²) in [6, 6.07) is 7.68. The van der Waals surface area contributed by atoms with Crippen LogP contribution in [0.2, 0.25) is 0 Å². The van der Waals surface area contributed by atoms with Gasteiger partial charge in [0.1, 0.15) is 23.8 Å². The van der Waals surface area contributed by atoms with E-state index in [-0.39, 0.29) is 12.0 Å². The highest BCUT2D eigenvalue weighted by molar-refractivity contribution is 5.83. The molecule has 0 spiro atoms. The molecule has 2 aromatic carbocycles. The van der Waals surface area contributed by atoms with E-state index in [4.69, 9.17) is 13.9 Å². The van der Waals surface area contributed by atoms with Crippen LogP contribution in [0.25, 0.3) is 11.0 Å². The van der Waals surface area contributed by atoms with Crippen molar-refractivity contribution in [1.82, 2.24) is 0 Å². The van der Waals surface area contributed by atoms with Gasteiger partial charge in [0, 0.05) is 43.5 Å². The van der Waals surface area contributed by atoms with E-state index >= 15 is 0 Å². The topological polar surface area (TPSA) is 72.2 Å². The Morgan fingerprint density at radius 3 is 2.48 bits per heavy atom. The van der Waals surface area contributed by atoms with E-state index in [2.05, 4.69) is 0 Å². The van der Waals surface area contributed by atoms with Crippen LogP contribution in [0.15, 0.2) is 45.6 Å². The molecule has 0 bridgehead atoms. The molecule has 1 aliphatic heterocycles. The van der Waals surface area contributed by atoms with Crippen molar-refractivity contribution in [2.45, 2.75) is 19.6 Å². The standard InChI is InChI=1S/C24H24F2N2O5/c1-15(27(2)19-10-17(25)9-18(26)11-19)20-7-16(13-32-14-29)8-21-22(30)12-23(33-24(20)21)28-3-5-31-6-4-28/h7-12,14-15H,3-6,13H2,1-2H3. The van der Waals surface area contributed by atoms with Crippen molar-refractivity contribution in [3.63, 3.8) is 0 Å². The summed E-state index contributed by atoms with van der Waals surface area (Å²) in [4.78, 5) is 27.4. The van der Waals surface area contributed by atoms with Crippen molar-refractivity contribution in [3.8, 4) is 0 Å². The molecule has 0 saturated carbocycles. The van der Waals surface area contributed by atoms with E-state index in [0.717, 1.165) is 6.07 Å². The van der Waals surface area contributed by atoms with Crippen LogP contribution in [0.1, 0.15) is 24.1 Å². The van der Waals surface area contributed by atoms with Gasteiger partial charge in [-0.1, -0.05) is 0 Å². The Hall–Kier alpha value is -3.46. The Kier molecular flexibility index (Phi) is 6.60. The Labute approximate surface area is 189 Å². The molecular weight excluding hydrogens is 434 g/mol. The van der Waals surface area contributed by atoms with E-state index in [0.29, 0.717) is 66.4 Å². The van der Waals surface area contributed by atoms with Gasteiger partial charge >= 0.3 is 0 Å². The summed E-state index contributed by atoms with van der Waals surface area (Å²) in [6.07, 6.45) is 0. The van der Waals surface area contributed by atoms with Crippen LogP contribution < -0.4 is 15.2 Å². The fourth-order valence-electron chi connectivity index (χ4n) is 3.97. The van der Waals surface area contributed by atoms with Crippen LogP contribution in [0.5, 0.6) is 0 Å². The first-order chi connectivity index (χ1) is 15.9. The highest BCUT2D eigenvalue weighted by Crippen LogP contribution is 2.33. The summed E-state index contributed by atoms with van der Waals surface area (Å²) in [6.45, 7) is 4.38. The van der Waals surface area contributed by atoms with Crippen LogP contribution in [0.3, 0.4) is 0 Å². The SMILES string of the molecule is CC(c1cc(COC=O)cc2c(=O)cc(N3CCOCC3)oc12)N(C)c1cc(F)cc(F)c1. The summed E-state index contributed by atoms with van der Waals surface area (Å²) in [5, 5.41) is 0.333. The highest BCUT2D eigenvalue weighted by Gasteiger charge is 2.22. The Bertz CT molecular complexity index is 1200. The molecular formula is C24H24F2N2O5. The average molecular weight is 458 g/mol. The van der Waals surface area contributed by atoms with Crippen molar-refractivity contribution in [3.05, 3.63) is 69.4 Å². The number of carbonyl (C=O) groups excluding carboxylic acids is 1. The molecule has 0 aliphatic carbocycles. The molecule has 33 heavy (non-hydrogen) atoms. The summed E-state index contributed by atoms with van der Waals surface area (Å²) in [7, 11) is 1.70. The molecule has 9 heteroatoms. The van der Waals surface area contributed by atoms with Crippen molar-refractivity contribution < 1.29 is 27.5 Å². The van der Waals surface area contributed by atoms with Gasteiger partial charge in [-0.05, 0) is 36.8 Å². The highest BCUT2D eigenvalue weighted by atomic mass is 19.1. The molecule has 0 N–H and O–H groups in total. The first kappa shape index (κ1) is 22.7. The van der Waals surface area contributed by atoms with Gasteiger partial charge in [-0.15, -0.1) is 0 Å². The number of carbonyl (C=O) groups is 1. The summed E-state index contributed by atoms with van der Waals surface area (Å²) in [5.74, 6) is -0.952. The van der Waals surface area contributed by atoms with E-state index in [1.54, 1.807) is 24.1 Å². The van der Waals surface area contributed by atoms with Crippen molar-refractivity contribution in [2.24, 2.45) is 0 Å². The monoisotopic (exact) mass is 458 g/mol. The molecule has 1 aromatic heterocycles. The molecule has 0 radical (unpaired) electrons. The van der Waals surface area contributed by atoms with Crippen molar-refractivity contribution in [2.75, 3.05) is 43.2 Å². The van der Waals surface area contributed by atoms with E-state index < -0.39 is 17.7 Å². The molecule has 174 valence electrons. The van der Waals surface area contributed by atoms with Gasteiger partial charge in [0.25, 0.3) is 6.47 Å². The lowest BCUT2D eigenvalue weighted by molar-refractivity contribution is -0.129. The molecule has 2 heterocycles. The molecule has 7 nitrogen and oxygen atoms in total. The fraction of sp³-hybridized carbons (Fsp3) is 0.333. The maximum atomic E-state index is 13.8. The molecule has 1 atom stereocenters. The average Bonchev–Trinajstić information content (AvgIpc) is 2.81. The minimum absolute atomic E-state index is 0.0257. The third-order valence-electron chi connectivity index (χ3n) is 5.83. The van der Waals surface area contributed by atoms with E-state index in [9.17, 15) is 18.4 Å². The van der Waals surface area contributed by atoms with E-state index in [1.165, 1.54) is 18.2 Å². The number of benzene rings is 2. The number of rotatable bonds is 7. The van der Waals surface area contributed by atoms with Gasteiger partial charge in [0.15, 0.2) is 11.3 Å². The van der Waals surface area contributed by atoms with Crippen LogP contribution in [0, 0.1) is 11.6 Å². The second-order valence-corrected chi connectivity index (χ2v) is 7.93. The second-order valence-electron chi connectivity index (χ2n) is 7.93. The lowest BCUT2D eigenvalue weighted by atomic mass is 9.99. The van der Waals surface area contributed by atoms with Crippen LogP contribution in [0.4, 0.5) is 20.4 Å². The quantitative estimate of drug-likeness (QED) is 0.499. The zero-order valence-electron chi connectivity index (χ0n) is 18.3. The number of hydrogen-bond acceptors (Lipinski definition) is 7. The molecule has 3 aromatic rings. The lowest BCUT2D eigenvalue weighted by Crippen LogP contribution is -2.36. The van der Waals surface area contributed by atoms with Gasteiger partial charge < -0.3 is 23.7 Å². The number of fused-ring (bicyclic) bond motifs is 1. The maximum absolute atomic E-state index is 13.8. The minimum Gasteiger partial charge on any atom is -0.463 e. The fourth-order valence-corrected chi connectivity index (χ4v) is 3.97. The maximum Gasteiger partial charge on any atom is 0.293 e. The molecule has 1 unspecified atom stereocenters. The molecule has 1 aliphatic rings. The minimum atomic E-state index is -0.692. The number of anilines is 2. The molecule has 1 saturated heterocycles. The largest absolute Gasteiger partial charge is 0.463 e. The molecule has 0 amide bonds. The number of nitrogens with zero attached hydrogens (tertiary/aromatic N) is 2. The van der Waals surface area contributed by atoms with Crippen molar-refractivity contribution >= 4 is 29.0 Å². The number of ether oxygens (including phenoxy) is 2. The third-order valence-corrected chi connectivity index (χ3v) is 5.83. The van der Waals surface area contributed by atoms with Gasteiger partial charge in [-0.3, -0.25) is 9.59 Å². The summed E-state index contributed by atoms with van der Waals surface area (Å²) < 4.78 is 44.1. The van der Waals surface area contributed by atoms with Gasteiger partial charge in [0.05, 0.1) is 24.6 Å². The zero-order valence-corrected chi connectivity index (χ0v) is 18.3. The van der Waals surface area contributed by atoms with Crippen LogP contribution >= 0.6 is 0 Å². The Balaban J connectivity index is 1.84. The van der Waals surface area contributed by atoms with Gasteiger partial charge in [-0.2, -0.15) is 0 Å². The van der Waals surface area contributed by atoms with E-state index in [1.807, 2.05) is 11.8 Å². The molecule has 4 rings (SSSR count). The van der Waals surface area contributed by atoms with Gasteiger partial charge in [-0.25, -0.2) is 8.78 Å². The van der Waals surface area contributed by atoms with Gasteiger partial charge in [0.2, 0.25) is 0 Å². The number of morpholine rings is 1. The summed E-state index contributed by atoms with van der Waals surface area (Å²) in [5.41, 5.74) is 1.68. The number of halogens is 2. The smallest absolute Gasteiger partial charge is 0.293 e. The third kappa shape index (κ3) is 4.83. The molecule has 1 fully saturated rings. The Morgan fingerprint density at radius 2 is 1.82 bits per heavy atom. The predicted octanol–water partition coefficient (Wildman–Crippen LogP) is 3.78. The Morgan fingerprint density at radius 1 is 1.12 bits per heavy atom. The normalized spacial score (nSPS) is 14.8. The first-order valence-corrected chi connectivity index (χ1v) is 10.5. The second kappa shape index (κ2) is 9.58. The van der Waals surface area contributed by atoms with Crippen LogP contribution in [-0.4, -0.2) is 39.8 Å². The van der Waals surface area contributed by atoms with Crippen molar-refractivity contribution in [1.29, 1.82) is 0 Å². The first-order valence-electron chi connectivity index (χ1n) is 10.5. The summed E-state index contributed by atoms with van der Waals surface area (Å²) >= 11 is 0. The lowest BCUT2D eigenvalue weighted by Gasteiger charge is -2.30. The number of hydrogen-bond donors (Lipinski definition) is 0. The predicted molar refractivity (Wildman–Crippen MR) is 120 cm³/mol. The zero-order chi connectivity index (χ0) is 23.5. The van der Waals surface area contributed by atoms with Crippen LogP contribution in [-0.2, 0) is 20.9 Å².